The van der Waals surface area contributed by atoms with Crippen molar-refractivity contribution in [3.8, 4) is 0 Å². The minimum Gasteiger partial charge on any atom is -0.260 e. The lowest BCUT2D eigenvalue weighted by atomic mass is 10.3. The van der Waals surface area contributed by atoms with Gasteiger partial charge in [-0.05, 0) is 0 Å². The van der Waals surface area contributed by atoms with Crippen LogP contribution in [0.2, 0.25) is 0 Å². The molecule has 1 aliphatic heterocycles. The van der Waals surface area contributed by atoms with E-state index in [0.29, 0.717) is 0 Å². The molecular formula is C9H13N4O-. The van der Waals surface area contributed by atoms with Gasteiger partial charge in [0.2, 0.25) is 0 Å². The maximum absolute atomic E-state index is 11.4. The average Bonchev–Trinajstić information content (AvgIpc) is 2.66. The Morgan fingerprint density at radius 1 is 1.36 bits per heavy atom. The van der Waals surface area contributed by atoms with Crippen LogP contribution in [0, 0.1) is 0 Å². The molecule has 0 spiro atoms. The molecule has 1 aromatic rings. The van der Waals surface area contributed by atoms with Gasteiger partial charge in [0.25, 0.3) is 0 Å². The molecule has 5 heteroatoms. The van der Waals surface area contributed by atoms with Crippen LogP contribution >= 0.6 is 0 Å². The number of hydrogen-bond donors (Lipinski definition) is 2. The zero-order valence-corrected chi connectivity index (χ0v) is 8.19. The first-order chi connectivity index (χ1) is 6.68. The molecule has 0 radical (unpaired) electrons. The fourth-order valence-corrected chi connectivity index (χ4v) is 1.48. The van der Waals surface area contributed by atoms with E-state index in [0.717, 1.165) is 5.56 Å². The van der Waals surface area contributed by atoms with Gasteiger partial charge in [-0.15, -0.1) is 5.56 Å². The summed E-state index contributed by atoms with van der Waals surface area (Å²) in [6.07, 6.45) is -0.0438. The number of nitrogens with zero attached hydrogens (tertiary/aromatic N) is 2. The molecular weight excluding hydrogens is 180 g/mol. The Hall–Kier alpha value is -1.46. The Balaban J connectivity index is 2.13. The average molecular weight is 193 g/mol. The molecule has 2 amide bonds. The van der Waals surface area contributed by atoms with Crippen molar-refractivity contribution in [2.24, 2.45) is 0 Å². The third kappa shape index (κ3) is 1.47. The topological polar surface area (TPSA) is 47.6 Å². The Bertz CT molecular complexity index is 308. The zero-order valence-electron chi connectivity index (χ0n) is 8.19. The predicted octanol–water partition coefficient (Wildman–Crippen LogP) is 0.410. The molecule has 0 bridgehead atoms. The van der Waals surface area contributed by atoms with E-state index >= 15 is 0 Å². The van der Waals surface area contributed by atoms with Crippen LogP contribution in [-0.2, 0) is 0 Å². The van der Waals surface area contributed by atoms with Crippen LogP contribution in [-0.4, -0.2) is 30.1 Å². The highest BCUT2D eigenvalue weighted by atomic mass is 16.2. The summed E-state index contributed by atoms with van der Waals surface area (Å²) < 4.78 is 0. The molecule has 1 heterocycles. The monoisotopic (exact) mass is 193 g/mol. The Morgan fingerprint density at radius 2 is 2.00 bits per heavy atom. The van der Waals surface area contributed by atoms with E-state index in [4.69, 9.17) is 0 Å². The number of carbonyl (C=O) groups is 1. The fourth-order valence-electron chi connectivity index (χ4n) is 1.48. The van der Waals surface area contributed by atoms with E-state index in [9.17, 15) is 4.79 Å². The molecule has 1 aliphatic rings. The van der Waals surface area contributed by atoms with Gasteiger partial charge >= 0.3 is 6.03 Å². The summed E-state index contributed by atoms with van der Waals surface area (Å²) in [6, 6.07) is 7.84. The first kappa shape index (κ1) is 9.11. The SMILES string of the molecule is CN1NC(c2ccc[cH-]2)NN(C)C1=O. The van der Waals surface area contributed by atoms with Gasteiger partial charge < -0.3 is 0 Å². The quantitative estimate of drug-likeness (QED) is 0.635. The minimum absolute atomic E-state index is 0.0438. The normalized spacial score (nSPS) is 19.1. The summed E-state index contributed by atoms with van der Waals surface area (Å²) >= 11 is 0. The maximum atomic E-state index is 11.4. The number of carbonyl (C=O) groups excluding carboxylic acids is 1. The molecule has 1 saturated heterocycles. The lowest BCUT2D eigenvalue weighted by molar-refractivity contribution is 0.0581. The standard InChI is InChI=1S/C9H13N4O/c1-12-9(14)13(2)11-8(10-12)7-5-3-4-6-7/h3-6,8,10-11H,1-2H3/q-1. The van der Waals surface area contributed by atoms with Gasteiger partial charge in [-0.3, -0.25) is 10.0 Å². The molecule has 2 rings (SSSR count). The number of rotatable bonds is 1. The van der Waals surface area contributed by atoms with Gasteiger partial charge in [0, 0.05) is 14.1 Å². The third-order valence-corrected chi connectivity index (χ3v) is 2.24. The minimum atomic E-state index is -0.104. The number of hydrogen-bond acceptors (Lipinski definition) is 3. The molecule has 0 unspecified atom stereocenters. The van der Waals surface area contributed by atoms with E-state index < -0.39 is 0 Å². The maximum Gasteiger partial charge on any atom is 0.348 e. The number of urea groups is 1. The first-order valence-corrected chi connectivity index (χ1v) is 4.44. The molecule has 0 saturated carbocycles. The van der Waals surface area contributed by atoms with E-state index in [2.05, 4.69) is 10.9 Å². The molecule has 76 valence electrons. The van der Waals surface area contributed by atoms with Crippen molar-refractivity contribution < 1.29 is 4.79 Å². The fraction of sp³-hybridized carbons (Fsp3) is 0.333. The smallest absolute Gasteiger partial charge is 0.260 e. The second-order valence-electron chi connectivity index (χ2n) is 3.31. The summed E-state index contributed by atoms with van der Waals surface area (Å²) in [5.41, 5.74) is 7.17. The summed E-state index contributed by atoms with van der Waals surface area (Å²) in [6.45, 7) is 0. The second kappa shape index (κ2) is 3.36. The van der Waals surface area contributed by atoms with Crippen molar-refractivity contribution in [3.05, 3.63) is 29.8 Å². The molecule has 1 aromatic carbocycles. The summed E-state index contributed by atoms with van der Waals surface area (Å²) in [4.78, 5) is 11.4. The highest BCUT2D eigenvalue weighted by molar-refractivity contribution is 5.73. The van der Waals surface area contributed by atoms with E-state index in [-0.39, 0.29) is 12.2 Å². The molecule has 0 atom stereocenters. The van der Waals surface area contributed by atoms with Crippen LogP contribution < -0.4 is 10.9 Å². The van der Waals surface area contributed by atoms with Crippen LogP contribution in [0.5, 0.6) is 0 Å². The van der Waals surface area contributed by atoms with Gasteiger partial charge in [-0.25, -0.2) is 27.8 Å². The van der Waals surface area contributed by atoms with Gasteiger partial charge in [0.1, 0.15) is 0 Å². The van der Waals surface area contributed by atoms with Crippen molar-refractivity contribution in [2.45, 2.75) is 6.17 Å². The van der Waals surface area contributed by atoms with Crippen molar-refractivity contribution in [1.82, 2.24) is 20.9 Å². The van der Waals surface area contributed by atoms with Crippen LogP contribution in [0.4, 0.5) is 4.79 Å². The molecule has 5 nitrogen and oxygen atoms in total. The van der Waals surface area contributed by atoms with E-state index in [1.807, 2.05) is 24.3 Å². The molecule has 1 fully saturated rings. The van der Waals surface area contributed by atoms with Gasteiger partial charge in [0.05, 0.1) is 6.17 Å². The summed E-state index contributed by atoms with van der Waals surface area (Å²) in [5, 5.41) is 2.93. The predicted molar refractivity (Wildman–Crippen MR) is 52.0 cm³/mol. The number of amides is 2. The van der Waals surface area contributed by atoms with Crippen molar-refractivity contribution in [1.29, 1.82) is 0 Å². The lowest BCUT2D eigenvalue weighted by Gasteiger charge is -2.39. The zero-order chi connectivity index (χ0) is 10.1. The Kier molecular flexibility index (Phi) is 2.18. The van der Waals surface area contributed by atoms with Crippen LogP contribution in [0.1, 0.15) is 11.7 Å². The van der Waals surface area contributed by atoms with Crippen molar-refractivity contribution in [2.75, 3.05) is 14.1 Å². The Labute approximate surface area is 82.6 Å². The number of hydrazine groups is 2. The number of nitrogens with one attached hydrogen (secondary N) is 2. The highest BCUT2D eigenvalue weighted by Crippen LogP contribution is 2.14. The molecule has 0 aliphatic carbocycles. The van der Waals surface area contributed by atoms with Crippen molar-refractivity contribution in [3.63, 3.8) is 0 Å². The molecule has 14 heavy (non-hydrogen) atoms. The van der Waals surface area contributed by atoms with Gasteiger partial charge in [-0.2, -0.15) is 12.1 Å². The lowest BCUT2D eigenvalue weighted by Crippen LogP contribution is -2.62. The van der Waals surface area contributed by atoms with Gasteiger partial charge in [-0.1, -0.05) is 0 Å². The molecule has 0 aromatic heterocycles. The highest BCUT2D eigenvalue weighted by Gasteiger charge is 2.24. The molecule has 2 N–H and O–H groups in total. The Morgan fingerprint density at radius 3 is 2.50 bits per heavy atom. The van der Waals surface area contributed by atoms with Crippen LogP contribution in [0.25, 0.3) is 0 Å². The van der Waals surface area contributed by atoms with E-state index in [1.165, 1.54) is 10.0 Å². The van der Waals surface area contributed by atoms with Crippen LogP contribution in [0.15, 0.2) is 24.3 Å². The summed E-state index contributed by atoms with van der Waals surface area (Å²) in [7, 11) is 3.41. The third-order valence-electron chi connectivity index (χ3n) is 2.24. The largest absolute Gasteiger partial charge is 0.348 e. The van der Waals surface area contributed by atoms with Crippen molar-refractivity contribution >= 4 is 6.03 Å². The first-order valence-electron chi connectivity index (χ1n) is 4.44. The second-order valence-corrected chi connectivity index (χ2v) is 3.31. The summed E-state index contributed by atoms with van der Waals surface area (Å²) in [5.74, 6) is 0. The van der Waals surface area contributed by atoms with Gasteiger partial charge in [0.15, 0.2) is 0 Å². The van der Waals surface area contributed by atoms with Crippen LogP contribution in [0.3, 0.4) is 0 Å². The van der Waals surface area contributed by atoms with E-state index in [1.54, 1.807) is 14.1 Å².